The van der Waals surface area contributed by atoms with Gasteiger partial charge in [-0.25, -0.2) is 8.42 Å². The third kappa shape index (κ3) is 5.46. The Bertz CT molecular complexity index is 1010. The van der Waals surface area contributed by atoms with Crippen LogP contribution in [-0.2, 0) is 10.0 Å². The van der Waals surface area contributed by atoms with Gasteiger partial charge in [0.05, 0.1) is 4.90 Å². The highest BCUT2D eigenvalue weighted by atomic mass is 32.2. The molecule has 0 aliphatic heterocycles. The second-order valence-electron chi connectivity index (χ2n) is 7.23. The molecule has 2 N–H and O–H groups in total. The van der Waals surface area contributed by atoms with Crippen LogP contribution in [0.1, 0.15) is 54.0 Å². The maximum atomic E-state index is 12.9. The first kappa shape index (κ1) is 23.6. The summed E-state index contributed by atoms with van der Waals surface area (Å²) in [5.74, 6) is -0.613. The number of nitrogens with zero attached hydrogens (tertiary/aromatic N) is 1. The molecule has 2 rings (SSSR count). The number of carbonyl (C=O) groups is 2. The molecule has 0 radical (unpaired) electrons. The molecular formula is C22H29N3O4S. The van der Waals surface area contributed by atoms with Crippen molar-refractivity contribution in [1.82, 2.24) is 9.62 Å². The standard InChI is InChI=1S/C22H29N3O4S/c1-6-25(7-2)30(28,29)20-14-18(9-8-16(20)5)22(27)24-19-12-10-17(11-13-19)21(26)23-15(3)4/h8-15H,6-7H2,1-5H3,(H,23,26)(H,24,27). The zero-order chi connectivity index (χ0) is 22.5. The van der Waals surface area contributed by atoms with Gasteiger partial charge in [0.2, 0.25) is 10.0 Å². The van der Waals surface area contributed by atoms with E-state index >= 15 is 0 Å². The summed E-state index contributed by atoms with van der Waals surface area (Å²) in [5.41, 5.74) is 1.83. The average Bonchev–Trinajstić information content (AvgIpc) is 2.68. The molecular weight excluding hydrogens is 402 g/mol. The van der Waals surface area contributed by atoms with Crippen LogP contribution in [0.5, 0.6) is 0 Å². The van der Waals surface area contributed by atoms with Crippen LogP contribution in [0.2, 0.25) is 0 Å². The van der Waals surface area contributed by atoms with Crippen molar-refractivity contribution < 1.29 is 18.0 Å². The molecule has 0 aliphatic carbocycles. The van der Waals surface area contributed by atoms with Crippen LogP contribution in [0.4, 0.5) is 5.69 Å². The lowest BCUT2D eigenvalue weighted by atomic mass is 10.1. The minimum Gasteiger partial charge on any atom is -0.350 e. The third-order valence-corrected chi connectivity index (χ3v) is 6.79. The van der Waals surface area contributed by atoms with E-state index in [9.17, 15) is 18.0 Å². The van der Waals surface area contributed by atoms with Gasteiger partial charge in [0.15, 0.2) is 0 Å². The van der Waals surface area contributed by atoms with Gasteiger partial charge in [0.1, 0.15) is 0 Å². The van der Waals surface area contributed by atoms with Crippen LogP contribution in [-0.4, -0.2) is 43.7 Å². The lowest BCUT2D eigenvalue weighted by Crippen LogP contribution is -2.31. The summed E-state index contributed by atoms with van der Waals surface area (Å²) in [6, 6.07) is 11.2. The smallest absolute Gasteiger partial charge is 0.255 e. The molecule has 8 heteroatoms. The van der Waals surface area contributed by atoms with Crippen LogP contribution >= 0.6 is 0 Å². The topological polar surface area (TPSA) is 95.6 Å². The molecule has 0 bridgehead atoms. The van der Waals surface area contributed by atoms with Crippen molar-refractivity contribution in [3.05, 3.63) is 59.2 Å². The van der Waals surface area contributed by atoms with Crippen molar-refractivity contribution in [1.29, 1.82) is 0 Å². The zero-order valence-electron chi connectivity index (χ0n) is 18.0. The summed E-state index contributed by atoms with van der Waals surface area (Å²) in [6.07, 6.45) is 0. The molecule has 0 saturated heterocycles. The Morgan fingerprint density at radius 2 is 1.50 bits per heavy atom. The Labute approximate surface area is 178 Å². The molecule has 0 atom stereocenters. The van der Waals surface area contributed by atoms with E-state index in [4.69, 9.17) is 0 Å². The van der Waals surface area contributed by atoms with E-state index in [-0.39, 0.29) is 22.4 Å². The molecule has 30 heavy (non-hydrogen) atoms. The molecule has 0 aliphatic rings. The van der Waals surface area contributed by atoms with E-state index in [0.717, 1.165) is 0 Å². The minimum absolute atomic E-state index is 0.0280. The fourth-order valence-electron chi connectivity index (χ4n) is 2.98. The van der Waals surface area contributed by atoms with Gasteiger partial charge in [-0.15, -0.1) is 0 Å². The first-order valence-electron chi connectivity index (χ1n) is 9.93. The van der Waals surface area contributed by atoms with Gasteiger partial charge in [-0.2, -0.15) is 4.31 Å². The van der Waals surface area contributed by atoms with Crippen LogP contribution in [0, 0.1) is 6.92 Å². The Morgan fingerprint density at radius 1 is 0.933 bits per heavy atom. The zero-order valence-corrected chi connectivity index (χ0v) is 18.8. The van der Waals surface area contributed by atoms with E-state index < -0.39 is 15.9 Å². The number of nitrogens with one attached hydrogen (secondary N) is 2. The van der Waals surface area contributed by atoms with E-state index in [1.165, 1.54) is 10.4 Å². The van der Waals surface area contributed by atoms with Crippen molar-refractivity contribution in [2.75, 3.05) is 18.4 Å². The lowest BCUT2D eigenvalue weighted by molar-refractivity contribution is 0.0942. The quantitative estimate of drug-likeness (QED) is 0.669. The van der Waals surface area contributed by atoms with Gasteiger partial charge in [-0.1, -0.05) is 19.9 Å². The summed E-state index contributed by atoms with van der Waals surface area (Å²) in [6.45, 7) is 9.72. The molecule has 2 aromatic rings. The third-order valence-electron chi connectivity index (χ3n) is 4.60. The molecule has 2 aromatic carbocycles. The number of hydrogen-bond donors (Lipinski definition) is 2. The maximum absolute atomic E-state index is 12.9. The van der Waals surface area contributed by atoms with Crippen molar-refractivity contribution in [2.45, 2.75) is 45.6 Å². The van der Waals surface area contributed by atoms with Gasteiger partial charge in [-0.3, -0.25) is 9.59 Å². The predicted octanol–water partition coefficient (Wildman–Crippen LogP) is 3.42. The molecule has 7 nitrogen and oxygen atoms in total. The van der Waals surface area contributed by atoms with Crippen LogP contribution < -0.4 is 10.6 Å². The number of rotatable bonds is 8. The van der Waals surface area contributed by atoms with Gasteiger partial charge in [0.25, 0.3) is 11.8 Å². The minimum atomic E-state index is -3.68. The normalized spacial score (nSPS) is 11.6. The first-order valence-corrected chi connectivity index (χ1v) is 11.4. The molecule has 0 saturated carbocycles. The highest BCUT2D eigenvalue weighted by Crippen LogP contribution is 2.22. The van der Waals surface area contributed by atoms with Crippen molar-refractivity contribution >= 4 is 27.5 Å². The van der Waals surface area contributed by atoms with Gasteiger partial charge in [0, 0.05) is 35.9 Å². The molecule has 0 aromatic heterocycles. The fraction of sp³-hybridized carbons (Fsp3) is 0.364. The van der Waals surface area contributed by atoms with Crippen LogP contribution in [0.3, 0.4) is 0 Å². The Balaban J connectivity index is 2.23. The van der Waals surface area contributed by atoms with Crippen molar-refractivity contribution in [3.63, 3.8) is 0 Å². The summed E-state index contributed by atoms with van der Waals surface area (Å²) in [7, 11) is -3.68. The van der Waals surface area contributed by atoms with E-state index in [0.29, 0.717) is 29.9 Å². The number of aryl methyl sites for hydroxylation is 1. The summed E-state index contributed by atoms with van der Waals surface area (Å²) >= 11 is 0. The number of hydrogen-bond acceptors (Lipinski definition) is 4. The fourth-order valence-corrected chi connectivity index (χ4v) is 4.68. The second-order valence-corrected chi connectivity index (χ2v) is 9.14. The highest BCUT2D eigenvalue weighted by Gasteiger charge is 2.24. The first-order chi connectivity index (χ1) is 14.1. The SMILES string of the molecule is CCN(CC)S(=O)(=O)c1cc(C(=O)Nc2ccc(C(=O)NC(C)C)cc2)ccc1C. The van der Waals surface area contributed by atoms with Gasteiger partial charge >= 0.3 is 0 Å². The summed E-state index contributed by atoms with van der Waals surface area (Å²) in [5, 5.41) is 5.54. The highest BCUT2D eigenvalue weighted by molar-refractivity contribution is 7.89. The van der Waals surface area contributed by atoms with Crippen LogP contribution in [0.25, 0.3) is 0 Å². The average molecular weight is 432 g/mol. The van der Waals surface area contributed by atoms with E-state index in [1.54, 1.807) is 57.2 Å². The van der Waals surface area contributed by atoms with Crippen molar-refractivity contribution in [2.24, 2.45) is 0 Å². The number of anilines is 1. The number of carbonyl (C=O) groups excluding carboxylic acids is 2. The van der Waals surface area contributed by atoms with E-state index in [2.05, 4.69) is 10.6 Å². The van der Waals surface area contributed by atoms with Gasteiger partial charge in [-0.05, 0) is 62.7 Å². The Kier molecular flexibility index (Phi) is 7.75. The molecule has 0 fully saturated rings. The number of amides is 2. The summed E-state index contributed by atoms with van der Waals surface area (Å²) in [4.78, 5) is 24.8. The molecule has 0 spiro atoms. The molecule has 0 heterocycles. The van der Waals surface area contributed by atoms with Crippen LogP contribution in [0.15, 0.2) is 47.4 Å². The largest absolute Gasteiger partial charge is 0.350 e. The predicted molar refractivity (Wildman–Crippen MR) is 118 cm³/mol. The monoisotopic (exact) mass is 431 g/mol. The number of benzene rings is 2. The lowest BCUT2D eigenvalue weighted by Gasteiger charge is -2.20. The maximum Gasteiger partial charge on any atom is 0.255 e. The van der Waals surface area contributed by atoms with Gasteiger partial charge < -0.3 is 10.6 Å². The number of sulfonamides is 1. The molecule has 2 amide bonds. The molecule has 0 unspecified atom stereocenters. The summed E-state index contributed by atoms with van der Waals surface area (Å²) < 4.78 is 27.1. The van der Waals surface area contributed by atoms with Crippen molar-refractivity contribution in [3.8, 4) is 0 Å². The Hall–Kier alpha value is -2.71. The second kappa shape index (κ2) is 9.86. The van der Waals surface area contributed by atoms with E-state index in [1.807, 2.05) is 13.8 Å². The molecule has 162 valence electrons. The Morgan fingerprint density at radius 3 is 2.03 bits per heavy atom.